The highest BCUT2D eigenvalue weighted by atomic mass is 35.5. The first-order valence-electron chi connectivity index (χ1n) is 4.94. The Morgan fingerprint density at radius 1 is 1.41 bits per heavy atom. The molecule has 0 aliphatic carbocycles. The zero-order valence-electron chi connectivity index (χ0n) is 9.41. The molecule has 0 fully saturated rings. The first kappa shape index (κ1) is 14.1. The monoisotopic (exact) mass is 278 g/mol. The lowest BCUT2D eigenvalue weighted by atomic mass is 10.1. The number of hydrogen-bond donors (Lipinski definition) is 0. The molecule has 0 spiro atoms. The van der Waals surface area contributed by atoms with Gasteiger partial charge in [-0.15, -0.1) is 0 Å². The molecule has 0 bridgehead atoms. The van der Waals surface area contributed by atoms with E-state index >= 15 is 0 Å². The van der Waals surface area contributed by atoms with Crippen LogP contribution in [0, 0.1) is 5.82 Å². The molecule has 1 rings (SSSR count). The number of hydrogen-bond acceptors (Lipinski definition) is 3. The number of alkyl halides is 1. The predicted octanol–water partition coefficient (Wildman–Crippen LogP) is 2.40. The molecule has 0 amide bonds. The minimum Gasteiger partial charge on any atom is -0.291 e. The van der Waals surface area contributed by atoms with E-state index in [1.807, 2.05) is 0 Å². The number of carbonyl (C=O) groups is 1. The smallest absolute Gasteiger partial charge is 0.205 e. The lowest BCUT2D eigenvalue weighted by molar-refractivity contribution is 0.0974. The van der Waals surface area contributed by atoms with Gasteiger partial charge in [-0.05, 0) is 19.1 Å². The molecule has 1 aromatic rings. The van der Waals surface area contributed by atoms with Gasteiger partial charge in [-0.25, -0.2) is 12.8 Å². The molecule has 0 saturated carbocycles. The summed E-state index contributed by atoms with van der Waals surface area (Å²) in [5.41, 5.74) is -0.318. The van der Waals surface area contributed by atoms with E-state index in [9.17, 15) is 17.6 Å². The number of carbonyl (C=O) groups excluding carboxylic acids is 1. The molecule has 0 aliphatic heterocycles. The maximum absolute atomic E-state index is 13.4. The molecule has 0 unspecified atom stereocenters. The van der Waals surface area contributed by atoms with Gasteiger partial charge in [0.05, 0.1) is 5.56 Å². The van der Waals surface area contributed by atoms with Gasteiger partial charge in [0.1, 0.15) is 5.82 Å². The Morgan fingerprint density at radius 2 is 1.94 bits per heavy atom. The summed E-state index contributed by atoms with van der Waals surface area (Å²) in [6.45, 7) is 2.45. The molecule has 1 atom stereocenters. The first-order valence-corrected chi connectivity index (χ1v) is 6.97. The van der Waals surface area contributed by atoms with Gasteiger partial charge in [-0.3, -0.25) is 4.79 Å². The number of halogens is 2. The molecule has 17 heavy (non-hydrogen) atoms. The van der Waals surface area contributed by atoms with Crippen molar-refractivity contribution >= 4 is 27.2 Å². The van der Waals surface area contributed by atoms with Gasteiger partial charge in [0, 0.05) is 5.75 Å². The van der Waals surface area contributed by atoms with Crippen molar-refractivity contribution in [2.75, 3.05) is 5.75 Å². The van der Waals surface area contributed by atoms with Crippen LogP contribution in [0.25, 0.3) is 0 Å². The Morgan fingerprint density at radius 3 is 2.41 bits per heavy atom. The molecule has 6 heteroatoms. The molecular formula is C11H12ClFO3S. The third kappa shape index (κ3) is 2.50. The summed E-state index contributed by atoms with van der Waals surface area (Å²) in [4.78, 5) is 11.9. The first-order chi connectivity index (χ1) is 7.74. The van der Waals surface area contributed by atoms with Gasteiger partial charge < -0.3 is 0 Å². The van der Waals surface area contributed by atoms with Gasteiger partial charge in [-0.2, -0.15) is 0 Å². The zero-order chi connectivity index (χ0) is 13.3. The SMILES string of the molecule is CCS(=O)(=O)[C@](C)(Cl)C(=O)c1ccccc1F. The minimum absolute atomic E-state index is 0.285. The molecule has 0 N–H and O–H groups in total. The van der Waals surface area contributed by atoms with Crippen molar-refractivity contribution in [2.45, 2.75) is 18.1 Å². The van der Waals surface area contributed by atoms with Crippen LogP contribution in [0.3, 0.4) is 0 Å². The Hall–Kier alpha value is -0.940. The van der Waals surface area contributed by atoms with Crippen molar-refractivity contribution < 1.29 is 17.6 Å². The lowest BCUT2D eigenvalue weighted by Gasteiger charge is -2.20. The zero-order valence-corrected chi connectivity index (χ0v) is 11.0. The van der Waals surface area contributed by atoms with Crippen LogP contribution in [0.5, 0.6) is 0 Å². The Kier molecular flexibility index (Phi) is 3.94. The Balaban J connectivity index is 3.28. The summed E-state index contributed by atoms with van der Waals surface area (Å²) in [6, 6.07) is 5.15. The van der Waals surface area contributed by atoms with Crippen LogP contribution in [-0.2, 0) is 9.84 Å². The van der Waals surface area contributed by atoms with E-state index in [-0.39, 0.29) is 11.3 Å². The third-order valence-corrected chi connectivity index (χ3v) is 5.48. The number of ketones is 1. The molecule has 1 aromatic carbocycles. The fourth-order valence-electron chi connectivity index (χ4n) is 1.30. The molecular weight excluding hydrogens is 267 g/mol. The second-order valence-corrected chi connectivity index (χ2v) is 7.23. The maximum atomic E-state index is 13.4. The van der Waals surface area contributed by atoms with Gasteiger partial charge in [-0.1, -0.05) is 30.7 Å². The van der Waals surface area contributed by atoms with Crippen LogP contribution in [-0.4, -0.2) is 24.2 Å². The van der Waals surface area contributed by atoms with E-state index in [0.29, 0.717) is 0 Å². The maximum Gasteiger partial charge on any atom is 0.205 e. The van der Waals surface area contributed by atoms with Crippen LogP contribution in [0.4, 0.5) is 4.39 Å². The molecule has 0 saturated heterocycles. The summed E-state index contributed by atoms with van der Waals surface area (Å²) in [5.74, 6) is -2.01. The topological polar surface area (TPSA) is 51.2 Å². The third-order valence-electron chi connectivity index (χ3n) is 2.49. The molecule has 0 aliphatic rings. The van der Waals surface area contributed by atoms with Crippen molar-refractivity contribution in [1.82, 2.24) is 0 Å². The van der Waals surface area contributed by atoms with Gasteiger partial charge >= 0.3 is 0 Å². The summed E-state index contributed by atoms with van der Waals surface area (Å²) in [6.07, 6.45) is 0. The summed E-state index contributed by atoms with van der Waals surface area (Å²) in [7, 11) is -3.81. The molecule has 0 heterocycles. The highest BCUT2D eigenvalue weighted by molar-refractivity contribution is 7.95. The summed E-state index contributed by atoms with van der Waals surface area (Å²) < 4.78 is 34.6. The van der Waals surface area contributed by atoms with E-state index in [2.05, 4.69) is 0 Å². The Bertz CT molecular complexity index is 537. The van der Waals surface area contributed by atoms with Crippen molar-refractivity contribution in [1.29, 1.82) is 0 Å². The normalized spacial score (nSPS) is 15.3. The van der Waals surface area contributed by atoms with Crippen LogP contribution in [0.15, 0.2) is 24.3 Å². The molecule has 3 nitrogen and oxygen atoms in total. The highest BCUT2D eigenvalue weighted by Crippen LogP contribution is 2.28. The standard InChI is InChI=1S/C11H12ClFO3S/c1-3-17(15,16)11(2,12)10(14)8-6-4-5-7-9(8)13/h4-7H,3H2,1-2H3/t11-/m0/s1. The van der Waals surface area contributed by atoms with Gasteiger partial charge in [0.25, 0.3) is 0 Å². The second-order valence-electron chi connectivity index (χ2n) is 3.63. The molecule has 0 aromatic heterocycles. The molecule has 94 valence electrons. The van der Waals surface area contributed by atoms with E-state index < -0.39 is 25.6 Å². The van der Waals surface area contributed by atoms with Crippen LogP contribution in [0.1, 0.15) is 24.2 Å². The minimum atomic E-state index is -3.81. The average Bonchev–Trinajstić information content (AvgIpc) is 2.28. The van der Waals surface area contributed by atoms with Crippen LogP contribution in [0.2, 0.25) is 0 Å². The number of Topliss-reactive ketones (excluding diaryl/α,β-unsaturated/α-hetero) is 1. The predicted molar refractivity (Wildman–Crippen MR) is 64.4 cm³/mol. The quantitative estimate of drug-likeness (QED) is 0.628. The Labute approximate surface area is 105 Å². The van der Waals surface area contributed by atoms with E-state index in [1.54, 1.807) is 0 Å². The fraction of sp³-hybridized carbons (Fsp3) is 0.364. The van der Waals surface area contributed by atoms with E-state index in [1.165, 1.54) is 25.1 Å². The van der Waals surface area contributed by atoms with E-state index in [0.717, 1.165) is 13.0 Å². The van der Waals surface area contributed by atoms with Crippen molar-refractivity contribution in [3.05, 3.63) is 35.6 Å². The van der Waals surface area contributed by atoms with Crippen molar-refractivity contribution in [3.63, 3.8) is 0 Å². The highest BCUT2D eigenvalue weighted by Gasteiger charge is 2.44. The number of benzene rings is 1. The van der Waals surface area contributed by atoms with Crippen molar-refractivity contribution in [2.24, 2.45) is 0 Å². The largest absolute Gasteiger partial charge is 0.291 e. The summed E-state index contributed by atoms with van der Waals surface area (Å²) >= 11 is 5.78. The van der Waals surface area contributed by atoms with Crippen molar-refractivity contribution in [3.8, 4) is 0 Å². The van der Waals surface area contributed by atoms with Crippen LogP contribution < -0.4 is 0 Å². The number of rotatable bonds is 4. The summed E-state index contributed by atoms with van der Waals surface area (Å²) in [5, 5.41) is 0. The molecule has 0 radical (unpaired) electrons. The average molecular weight is 279 g/mol. The van der Waals surface area contributed by atoms with E-state index in [4.69, 9.17) is 11.6 Å². The van der Waals surface area contributed by atoms with Gasteiger partial charge in [0.15, 0.2) is 9.84 Å². The second kappa shape index (κ2) is 4.74. The fourth-order valence-corrected chi connectivity index (χ4v) is 2.66. The number of sulfone groups is 1. The lowest BCUT2D eigenvalue weighted by Crippen LogP contribution is -2.39. The van der Waals surface area contributed by atoms with Crippen LogP contribution >= 0.6 is 11.6 Å². The van der Waals surface area contributed by atoms with Gasteiger partial charge in [0.2, 0.25) is 9.99 Å².